The molecule has 0 spiro atoms. The summed E-state index contributed by atoms with van der Waals surface area (Å²) in [6.07, 6.45) is -0.672. The average molecular weight is 217 g/mol. The first-order valence-electron chi connectivity index (χ1n) is 4.80. The van der Waals surface area contributed by atoms with Crippen molar-refractivity contribution < 1.29 is 24.5 Å². The molecular weight excluding hydrogens is 202 g/mol. The maximum Gasteiger partial charge on any atom is 0.332 e. The number of rotatable bonds is 3. The number of carbonyl (C=O) groups is 2. The van der Waals surface area contributed by atoms with E-state index in [-0.39, 0.29) is 18.6 Å². The molecule has 1 amide bonds. The number of aliphatic carboxylic acids is 1. The topological polar surface area (TPSA) is 95.9 Å². The summed E-state index contributed by atoms with van der Waals surface area (Å²) in [5, 5.41) is 20.4. The van der Waals surface area contributed by atoms with Crippen LogP contribution in [0, 0.1) is 0 Å². The predicted molar refractivity (Wildman–Crippen MR) is 50.2 cm³/mol. The van der Waals surface area contributed by atoms with Crippen molar-refractivity contribution in [2.45, 2.75) is 38.0 Å². The van der Waals surface area contributed by atoms with E-state index in [1.54, 1.807) is 0 Å². The number of aliphatic hydroxyl groups is 1. The van der Waals surface area contributed by atoms with Crippen molar-refractivity contribution in [3.63, 3.8) is 0 Å². The molecule has 1 rings (SSSR count). The lowest BCUT2D eigenvalue weighted by Gasteiger charge is -2.34. The number of carboxylic acids is 1. The Morgan fingerprint density at radius 1 is 1.47 bits per heavy atom. The van der Waals surface area contributed by atoms with E-state index in [2.05, 4.69) is 5.32 Å². The number of amides is 1. The Balaban J connectivity index is 2.56. The minimum absolute atomic E-state index is 0.212. The second kappa shape index (κ2) is 5.09. The van der Waals surface area contributed by atoms with Crippen LogP contribution in [0.3, 0.4) is 0 Å². The Morgan fingerprint density at radius 3 is 2.60 bits per heavy atom. The quantitative estimate of drug-likeness (QED) is 0.570. The van der Waals surface area contributed by atoms with Gasteiger partial charge in [0.1, 0.15) is 6.10 Å². The van der Waals surface area contributed by atoms with Crippen LogP contribution in [0.2, 0.25) is 0 Å². The fourth-order valence-electron chi connectivity index (χ4n) is 1.67. The van der Waals surface area contributed by atoms with Crippen LogP contribution in [-0.4, -0.2) is 46.9 Å². The highest BCUT2D eigenvalue weighted by molar-refractivity contribution is 5.74. The summed E-state index contributed by atoms with van der Waals surface area (Å²) < 4.78 is 5.15. The van der Waals surface area contributed by atoms with Gasteiger partial charge in [-0.25, -0.2) is 4.79 Å². The monoisotopic (exact) mass is 217 g/mol. The molecule has 3 atom stereocenters. The summed E-state index contributed by atoms with van der Waals surface area (Å²) in [6, 6.07) is -0.303. The van der Waals surface area contributed by atoms with Crippen LogP contribution in [-0.2, 0) is 14.3 Å². The van der Waals surface area contributed by atoms with E-state index in [4.69, 9.17) is 14.9 Å². The van der Waals surface area contributed by atoms with Crippen LogP contribution in [0.5, 0.6) is 0 Å². The number of carbonyl (C=O) groups excluding carboxylic acids is 1. The van der Waals surface area contributed by atoms with E-state index in [9.17, 15) is 9.59 Å². The molecule has 86 valence electrons. The zero-order valence-electron chi connectivity index (χ0n) is 8.47. The Hall–Kier alpha value is -1.14. The van der Waals surface area contributed by atoms with Gasteiger partial charge in [0.2, 0.25) is 5.91 Å². The minimum atomic E-state index is -1.03. The molecule has 0 radical (unpaired) electrons. The molecule has 0 bridgehead atoms. The molecule has 3 N–H and O–H groups in total. The van der Waals surface area contributed by atoms with Gasteiger partial charge in [-0.1, -0.05) is 0 Å². The summed E-state index contributed by atoms with van der Waals surface area (Å²) >= 11 is 0. The fourth-order valence-corrected chi connectivity index (χ4v) is 1.67. The first-order valence-corrected chi connectivity index (χ1v) is 4.80. The first-order chi connectivity index (χ1) is 7.04. The zero-order valence-corrected chi connectivity index (χ0v) is 8.47. The minimum Gasteiger partial charge on any atom is -0.479 e. The van der Waals surface area contributed by atoms with E-state index in [0.717, 1.165) is 0 Å². The van der Waals surface area contributed by atoms with Crippen molar-refractivity contribution in [2.24, 2.45) is 0 Å². The average Bonchev–Trinajstić information content (AvgIpc) is 2.17. The molecule has 1 saturated heterocycles. The SMILES string of the molecule is CC(=O)NC1CCC(C(=O)O)O[C@H]1CO. The lowest BCUT2D eigenvalue weighted by Crippen LogP contribution is -2.51. The van der Waals surface area contributed by atoms with Crippen molar-refractivity contribution in [2.75, 3.05) is 6.61 Å². The third-order valence-electron chi connectivity index (χ3n) is 2.37. The van der Waals surface area contributed by atoms with Gasteiger partial charge in [-0.05, 0) is 12.8 Å². The van der Waals surface area contributed by atoms with Gasteiger partial charge in [-0.2, -0.15) is 0 Å². The van der Waals surface area contributed by atoms with Crippen LogP contribution in [0.1, 0.15) is 19.8 Å². The number of hydrogen-bond acceptors (Lipinski definition) is 4. The molecule has 6 nitrogen and oxygen atoms in total. The standard InChI is InChI=1S/C9H15NO5/c1-5(12)10-6-2-3-7(9(13)14)15-8(6)4-11/h6-8,11H,2-4H2,1H3,(H,10,12)(H,13,14)/t6?,7?,8-/m0/s1. The maximum atomic E-state index is 10.8. The van der Waals surface area contributed by atoms with Crippen LogP contribution < -0.4 is 5.32 Å². The number of nitrogens with one attached hydrogen (secondary N) is 1. The van der Waals surface area contributed by atoms with Gasteiger partial charge >= 0.3 is 5.97 Å². The van der Waals surface area contributed by atoms with Crippen LogP contribution >= 0.6 is 0 Å². The Labute approximate surface area is 87.2 Å². The largest absolute Gasteiger partial charge is 0.479 e. The van der Waals surface area contributed by atoms with E-state index in [0.29, 0.717) is 12.8 Å². The van der Waals surface area contributed by atoms with E-state index in [1.165, 1.54) is 6.92 Å². The summed E-state index contributed by atoms with van der Waals surface area (Å²) in [5.74, 6) is -1.24. The van der Waals surface area contributed by atoms with Crippen LogP contribution in [0.25, 0.3) is 0 Å². The van der Waals surface area contributed by atoms with Gasteiger partial charge in [-0.3, -0.25) is 4.79 Å². The number of aliphatic hydroxyl groups excluding tert-OH is 1. The lowest BCUT2D eigenvalue weighted by atomic mass is 9.98. The molecule has 1 heterocycles. The Bertz CT molecular complexity index is 255. The molecule has 0 saturated carbocycles. The van der Waals surface area contributed by atoms with Crippen molar-refractivity contribution in [3.05, 3.63) is 0 Å². The smallest absolute Gasteiger partial charge is 0.332 e. The van der Waals surface area contributed by atoms with E-state index < -0.39 is 18.2 Å². The lowest BCUT2D eigenvalue weighted by molar-refractivity contribution is -0.164. The van der Waals surface area contributed by atoms with Gasteiger partial charge < -0.3 is 20.3 Å². The first kappa shape index (κ1) is 11.9. The summed E-state index contributed by atoms with van der Waals surface area (Å²) in [5.41, 5.74) is 0. The van der Waals surface area contributed by atoms with Gasteiger partial charge in [0.25, 0.3) is 0 Å². The third-order valence-corrected chi connectivity index (χ3v) is 2.37. The van der Waals surface area contributed by atoms with E-state index >= 15 is 0 Å². The molecule has 2 unspecified atom stereocenters. The summed E-state index contributed by atoms with van der Waals surface area (Å²) in [7, 11) is 0. The molecule has 15 heavy (non-hydrogen) atoms. The third kappa shape index (κ3) is 3.17. The maximum absolute atomic E-state index is 10.8. The zero-order chi connectivity index (χ0) is 11.4. The van der Waals surface area contributed by atoms with Gasteiger partial charge in [0, 0.05) is 6.92 Å². The van der Waals surface area contributed by atoms with Crippen molar-refractivity contribution >= 4 is 11.9 Å². The highest BCUT2D eigenvalue weighted by Gasteiger charge is 2.34. The molecule has 0 aromatic carbocycles. The molecule has 1 fully saturated rings. The molecule has 1 aliphatic rings. The summed E-state index contributed by atoms with van der Waals surface area (Å²) in [6.45, 7) is 1.08. The van der Waals surface area contributed by atoms with Crippen molar-refractivity contribution in [3.8, 4) is 0 Å². The molecular formula is C9H15NO5. The Morgan fingerprint density at radius 2 is 2.13 bits per heavy atom. The number of hydrogen-bond donors (Lipinski definition) is 3. The highest BCUT2D eigenvalue weighted by Crippen LogP contribution is 2.19. The molecule has 0 aromatic heterocycles. The van der Waals surface area contributed by atoms with Crippen molar-refractivity contribution in [1.29, 1.82) is 0 Å². The molecule has 0 aliphatic carbocycles. The Kier molecular flexibility index (Phi) is 4.05. The highest BCUT2D eigenvalue weighted by atomic mass is 16.5. The molecule has 0 aromatic rings. The number of ether oxygens (including phenoxy) is 1. The van der Waals surface area contributed by atoms with Gasteiger partial charge in [-0.15, -0.1) is 0 Å². The van der Waals surface area contributed by atoms with Gasteiger partial charge in [0.05, 0.1) is 12.6 Å². The fraction of sp³-hybridized carbons (Fsp3) is 0.778. The number of carboxylic acid groups (broad SMARTS) is 1. The normalized spacial score (nSPS) is 30.9. The van der Waals surface area contributed by atoms with Crippen LogP contribution in [0.15, 0.2) is 0 Å². The van der Waals surface area contributed by atoms with Gasteiger partial charge in [0.15, 0.2) is 6.10 Å². The van der Waals surface area contributed by atoms with Crippen LogP contribution in [0.4, 0.5) is 0 Å². The summed E-state index contributed by atoms with van der Waals surface area (Å²) in [4.78, 5) is 21.5. The second-order valence-electron chi connectivity index (χ2n) is 3.57. The van der Waals surface area contributed by atoms with E-state index in [1.807, 2.05) is 0 Å². The van der Waals surface area contributed by atoms with Crippen molar-refractivity contribution in [1.82, 2.24) is 5.32 Å². The molecule has 6 heteroatoms. The second-order valence-corrected chi connectivity index (χ2v) is 3.57. The molecule has 1 aliphatic heterocycles. The predicted octanol–water partition coefficient (Wildman–Crippen LogP) is -0.884.